The van der Waals surface area contributed by atoms with E-state index in [9.17, 15) is 32.3 Å². The Morgan fingerprint density at radius 1 is 1.21 bits per heavy atom. The Kier molecular flexibility index (Phi) is 8.26. The number of ether oxygens (including phenoxy) is 2. The van der Waals surface area contributed by atoms with Gasteiger partial charge in [0.2, 0.25) is 0 Å². The molecule has 14 heteroatoms. The second-order valence-electron chi connectivity index (χ2n) is 11.0. The third-order valence-electron chi connectivity index (χ3n) is 6.89. The van der Waals surface area contributed by atoms with E-state index in [4.69, 9.17) is 9.47 Å². The van der Waals surface area contributed by atoms with Crippen molar-refractivity contribution < 1.29 is 36.9 Å². The first-order chi connectivity index (χ1) is 18.2. The van der Waals surface area contributed by atoms with Gasteiger partial charge in [-0.05, 0) is 42.1 Å². The molecule has 0 saturated carbocycles. The molecule has 1 aromatic carbocycles. The quantitative estimate of drug-likeness (QED) is 0.263. The Balaban J connectivity index is 1.51. The Bertz CT molecular complexity index is 1280. The smallest absolute Gasteiger partial charge is 0.423 e. The molecule has 3 heterocycles. The van der Waals surface area contributed by atoms with Crippen molar-refractivity contribution in [3.8, 4) is 5.75 Å². The van der Waals surface area contributed by atoms with Crippen LogP contribution in [0.1, 0.15) is 29.5 Å². The van der Waals surface area contributed by atoms with Gasteiger partial charge in [0, 0.05) is 34.3 Å². The van der Waals surface area contributed by atoms with Gasteiger partial charge in [0.1, 0.15) is 18.9 Å². The van der Waals surface area contributed by atoms with Crippen molar-refractivity contribution in [2.45, 2.75) is 70.6 Å². The Labute approximate surface area is 223 Å². The van der Waals surface area contributed by atoms with Crippen LogP contribution in [0.5, 0.6) is 5.75 Å². The molecule has 0 spiro atoms. The van der Waals surface area contributed by atoms with Crippen molar-refractivity contribution in [1.82, 2.24) is 14.7 Å². The van der Waals surface area contributed by atoms with Crippen molar-refractivity contribution in [2.24, 2.45) is 0 Å². The average molecular weight is 573 g/mol. The fraction of sp³-hybridized carbons (Fsp3) is 0.560. The lowest BCUT2D eigenvalue weighted by Crippen LogP contribution is -2.38. The minimum atomic E-state index is -4.94. The van der Waals surface area contributed by atoms with E-state index in [0.717, 1.165) is 12.2 Å². The van der Waals surface area contributed by atoms with E-state index in [1.54, 1.807) is 0 Å². The van der Waals surface area contributed by atoms with Crippen molar-refractivity contribution >= 4 is 19.9 Å². The first-order valence-electron chi connectivity index (χ1n) is 12.7. The molecule has 1 aromatic heterocycles. The van der Waals surface area contributed by atoms with E-state index in [2.05, 4.69) is 24.7 Å². The molecule has 1 N–H and O–H groups in total. The summed E-state index contributed by atoms with van der Waals surface area (Å²) in [6.07, 6.45) is -3.75. The molecule has 1 amide bonds. The number of hydrogen-bond donors (Lipinski definition) is 1. The Morgan fingerprint density at radius 3 is 2.54 bits per heavy atom. The highest BCUT2D eigenvalue weighted by Gasteiger charge is 2.40. The van der Waals surface area contributed by atoms with Crippen LogP contribution in [0.4, 0.5) is 28.0 Å². The molecule has 0 bridgehead atoms. The van der Waals surface area contributed by atoms with Crippen LogP contribution < -0.4 is 15.2 Å². The zero-order valence-electron chi connectivity index (χ0n) is 22.1. The number of fused-ring (bicyclic) bond motifs is 1. The standard InChI is InChI=1S/C25H32F4N4O5Si/c1-39(2,3)8-7-37-15-33-23(34)22(25(27,28)29)20(11-30-33)31-12-16-9-19(26)21(10-17(16)13-31)38-14-18-5-4-6-32(18)24(35)36/h9-11,18H,4-8,12-15H2,1-3H3,(H,35,36). The zero-order valence-corrected chi connectivity index (χ0v) is 23.1. The van der Waals surface area contributed by atoms with E-state index in [-0.39, 0.29) is 32.2 Å². The minimum absolute atomic E-state index is 0.0163. The fourth-order valence-corrected chi connectivity index (χ4v) is 5.49. The van der Waals surface area contributed by atoms with E-state index >= 15 is 0 Å². The molecule has 1 atom stereocenters. The Hall–Kier alpha value is -3.13. The number of halogens is 4. The number of aromatic nitrogens is 2. The third kappa shape index (κ3) is 6.72. The van der Waals surface area contributed by atoms with Gasteiger partial charge in [-0.2, -0.15) is 18.3 Å². The fourth-order valence-electron chi connectivity index (χ4n) is 4.73. The van der Waals surface area contributed by atoms with Crippen LogP contribution in [-0.4, -0.2) is 59.8 Å². The van der Waals surface area contributed by atoms with Crippen LogP contribution in [0, 0.1) is 5.82 Å². The minimum Gasteiger partial charge on any atom is -0.488 e. The maximum atomic E-state index is 14.8. The number of carboxylic acid groups (broad SMARTS) is 1. The molecule has 0 radical (unpaired) electrons. The number of benzene rings is 1. The first kappa shape index (κ1) is 28.9. The van der Waals surface area contributed by atoms with Crippen molar-refractivity contribution in [3.05, 3.63) is 51.2 Å². The van der Waals surface area contributed by atoms with Crippen LogP contribution in [0.2, 0.25) is 25.7 Å². The number of carbonyl (C=O) groups is 1. The highest BCUT2D eigenvalue weighted by molar-refractivity contribution is 6.76. The van der Waals surface area contributed by atoms with Gasteiger partial charge in [-0.3, -0.25) is 4.79 Å². The van der Waals surface area contributed by atoms with Crippen LogP contribution in [-0.2, 0) is 30.7 Å². The molecule has 9 nitrogen and oxygen atoms in total. The summed E-state index contributed by atoms with van der Waals surface area (Å²) in [6.45, 7) is 6.60. The lowest BCUT2D eigenvalue weighted by atomic mass is 10.1. The van der Waals surface area contributed by atoms with Gasteiger partial charge in [-0.1, -0.05) is 19.6 Å². The highest BCUT2D eigenvalue weighted by atomic mass is 28.3. The summed E-state index contributed by atoms with van der Waals surface area (Å²) in [5.41, 5.74) is -2.06. The van der Waals surface area contributed by atoms with Gasteiger partial charge in [-0.15, -0.1) is 0 Å². The van der Waals surface area contributed by atoms with Crippen molar-refractivity contribution in [2.75, 3.05) is 24.7 Å². The molecule has 2 aromatic rings. The monoisotopic (exact) mass is 572 g/mol. The maximum Gasteiger partial charge on any atom is 0.423 e. The topological polar surface area (TPSA) is 97.1 Å². The molecular formula is C25H32F4N4O5Si. The molecule has 1 unspecified atom stereocenters. The highest BCUT2D eigenvalue weighted by Crippen LogP contribution is 2.38. The summed E-state index contributed by atoms with van der Waals surface area (Å²) in [5, 5.41) is 13.2. The second-order valence-corrected chi connectivity index (χ2v) is 16.7. The molecule has 1 fully saturated rings. The summed E-state index contributed by atoms with van der Waals surface area (Å²) >= 11 is 0. The summed E-state index contributed by atoms with van der Waals surface area (Å²) in [7, 11) is -1.42. The molecule has 0 aliphatic carbocycles. The van der Waals surface area contributed by atoms with Crippen molar-refractivity contribution in [3.63, 3.8) is 0 Å². The van der Waals surface area contributed by atoms with E-state index in [0.29, 0.717) is 41.8 Å². The van der Waals surface area contributed by atoms with Gasteiger partial charge in [0.25, 0.3) is 5.56 Å². The lowest BCUT2D eigenvalue weighted by molar-refractivity contribution is -0.138. The lowest BCUT2D eigenvalue weighted by Gasteiger charge is -2.22. The second kappa shape index (κ2) is 11.2. The molecular weight excluding hydrogens is 540 g/mol. The average Bonchev–Trinajstić information content (AvgIpc) is 3.46. The Morgan fingerprint density at radius 2 is 1.90 bits per heavy atom. The zero-order chi connectivity index (χ0) is 28.5. The van der Waals surface area contributed by atoms with Gasteiger partial charge in [-0.25, -0.2) is 13.9 Å². The SMILES string of the molecule is C[Si](C)(C)CCOCn1ncc(N2Cc3cc(F)c(OCC4CCCN4C(=O)O)cc3C2)c(C(F)(F)F)c1=O. The number of likely N-dealkylation sites (tertiary alicyclic amines) is 1. The maximum absolute atomic E-state index is 14.8. The summed E-state index contributed by atoms with van der Waals surface area (Å²) in [6, 6.07) is 3.00. The molecule has 214 valence electrons. The molecule has 39 heavy (non-hydrogen) atoms. The number of hydrogen-bond acceptors (Lipinski definition) is 6. The van der Waals surface area contributed by atoms with Crippen molar-refractivity contribution in [1.29, 1.82) is 0 Å². The number of alkyl halides is 3. The first-order valence-corrected chi connectivity index (χ1v) is 16.4. The van der Waals surface area contributed by atoms with Crippen LogP contribution in [0.3, 0.4) is 0 Å². The molecule has 2 aliphatic heterocycles. The predicted octanol–water partition coefficient (Wildman–Crippen LogP) is 4.75. The summed E-state index contributed by atoms with van der Waals surface area (Å²) in [4.78, 5) is 26.7. The molecule has 2 aliphatic rings. The van der Waals surface area contributed by atoms with Crippen LogP contribution in [0.15, 0.2) is 23.1 Å². The van der Waals surface area contributed by atoms with Gasteiger partial charge in [0.05, 0.1) is 17.9 Å². The van der Waals surface area contributed by atoms with Crippen LogP contribution >= 0.6 is 0 Å². The predicted molar refractivity (Wildman–Crippen MR) is 137 cm³/mol. The van der Waals surface area contributed by atoms with Gasteiger partial charge < -0.3 is 24.4 Å². The third-order valence-corrected chi connectivity index (χ3v) is 8.59. The van der Waals surface area contributed by atoms with Crippen LogP contribution in [0.25, 0.3) is 0 Å². The number of amides is 1. The number of nitrogens with zero attached hydrogens (tertiary/aromatic N) is 4. The van der Waals surface area contributed by atoms with E-state index < -0.39 is 49.0 Å². The molecule has 4 rings (SSSR count). The molecule has 1 saturated heterocycles. The normalized spacial score (nSPS) is 17.6. The van der Waals surface area contributed by atoms with E-state index in [1.807, 2.05) is 0 Å². The van der Waals surface area contributed by atoms with Gasteiger partial charge >= 0.3 is 12.3 Å². The summed E-state index contributed by atoms with van der Waals surface area (Å²) < 4.78 is 68.6. The summed E-state index contributed by atoms with van der Waals surface area (Å²) in [5.74, 6) is -0.802. The van der Waals surface area contributed by atoms with Gasteiger partial charge in [0.15, 0.2) is 11.6 Å². The van der Waals surface area contributed by atoms with E-state index in [1.165, 1.54) is 21.9 Å². The largest absolute Gasteiger partial charge is 0.488 e. The number of rotatable bonds is 9. The number of anilines is 1.